The van der Waals surface area contributed by atoms with E-state index in [2.05, 4.69) is 59.1 Å². The maximum Gasteiger partial charge on any atom is 4.00 e. The number of hydrogen-bond donors (Lipinski definition) is 0. The molecule has 0 spiro atoms. The summed E-state index contributed by atoms with van der Waals surface area (Å²) in [6.45, 7) is 15.7. The zero-order valence-electron chi connectivity index (χ0n) is 12.7. The Labute approximate surface area is 119 Å². The second-order valence-electron chi connectivity index (χ2n) is 5.66. The van der Waals surface area contributed by atoms with Gasteiger partial charge < -0.3 is 25.5 Å². The van der Waals surface area contributed by atoms with Gasteiger partial charge in [-0.3, -0.25) is 0 Å². The quantitative estimate of drug-likeness (QED) is 0.524. The molecule has 0 heterocycles. The maximum absolute atomic E-state index is 4.62. The van der Waals surface area contributed by atoms with E-state index in [9.17, 15) is 0 Å². The molecule has 1 atom stereocenters. The fraction of sp³-hybridized carbons (Fsp3) is 0.846. The summed E-state index contributed by atoms with van der Waals surface area (Å²) in [5, 5.41) is 9.17. The van der Waals surface area contributed by atoms with Crippen molar-refractivity contribution < 1.29 is 21.7 Å². The van der Waals surface area contributed by atoms with Gasteiger partial charge in [-0.2, -0.15) is 12.6 Å². The second-order valence-corrected chi connectivity index (χ2v) is 5.66. The van der Waals surface area contributed by atoms with E-state index in [1.807, 2.05) is 0 Å². The Morgan fingerprint density at radius 3 is 1.50 bits per heavy atom. The summed E-state index contributed by atoms with van der Waals surface area (Å²) < 4.78 is 0. The van der Waals surface area contributed by atoms with Gasteiger partial charge in [0.25, 0.3) is 0 Å². The van der Waals surface area contributed by atoms with Crippen LogP contribution in [0.25, 0.3) is 10.6 Å². The minimum atomic E-state index is 0. The van der Waals surface area contributed by atoms with Gasteiger partial charge in [-0.1, -0.05) is 48.5 Å². The van der Waals surface area contributed by atoms with Crippen LogP contribution < -0.4 is 0 Å². The molecule has 96 valence electrons. The Balaban J connectivity index is -0.000000240. The average molecular weight is 262 g/mol. The first kappa shape index (κ1) is 25.5. The molecule has 0 aliphatic carbocycles. The molecule has 0 bridgehead atoms. The summed E-state index contributed by atoms with van der Waals surface area (Å²) in [7, 11) is 0. The fourth-order valence-corrected chi connectivity index (χ4v) is 1.11. The van der Waals surface area contributed by atoms with Gasteiger partial charge in [0.15, 0.2) is 0 Å². The van der Waals surface area contributed by atoms with Crippen molar-refractivity contribution in [3.63, 3.8) is 0 Å². The minimum absolute atomic E-state index is 0. The first-order valence-electron chi connectivity index (χ1n) is 5.01. The van der Waals surface area contributed by atoms with Gasteiger partial charge >= 0.3 is 21.7 Å². The topological polar surface area (TPSA) is 28.2 Å². The van der Waals surface area contributed by atoms with Crippen LogP contribution in [0.5, 0.6) is 0 Å². The van der Waals surface area contributed by atoms with E-state index in [0.717, 1.165) is 6.54 Å². The predicted octanol–water partition coefficient (Wildman–Crippen LogP) is 4.62. The predicted molar refractivity (Wildman–Crippen MR) is 73.4 cm³/mol. The Bertz CT molecular complexity index is 145. The van der Waals surface area contributed by atoms with Crippen LogP contribution in [-0.4, -0.2) is 23.7 Å². The summed E-state index contributed by atoms with van der Waals surface area (Å²) in [5.74, 6) is 0. The molecule has 0 N–H and O–H groups in total. The summed E-state index contributed by atoms with van der Waals surface area (Å²) in [5.41, 5.74) is 0.133. The van der Waals surface area contributed by atoms with E-state index in [4.69, 9.17) is 0 Å². The zero-order chi connectivity index (χ0) is 10.7. The smallest absolute Gasteiger partial charge is 0.659 e. The molecule has 0 aliphatic rings. The van der Waals surface area contributed by atoms with Crippen molar-refractivity contribution in [3.8, 4) is 0 Å². The number of rotatable bonds is 3. The first-order valence-corrected chi connectivity index (χ1v) is 5.01. The molecule has 16 heavy (non-hydrogen) atoms. The van der Waals surface area contributed by atoms with E-state index < -0.39 is 0 Å². The zero-order valence-corrected chi connectivity index (χ0v) is 14.2. The van der Waals surface area contributed by atoms with Crippen LogP contribution in [0.4, 0.5) is 0 Å². The third kappa shape index (κ3) is 20.1. The summed E-state index contributed by atoms with van der Waals surface area (Å²) in [4.78, 5) is 0. The second kappa shape index (κ2) is 9.64. The molecule has 0 radical (unpaired) electrons. The molecule has 0 saturated carbocycles. The minimum Gasteiger partial charge on any atom is -0.659 e. The molecule has 2 nitrogen and oxygen atoms in total. The van der Waals surface area contributed by atoms with Crippen molar-refractivity contribution in [2.75, 3.05) is 6.54 Å². The molecule has 0 aliphatic heterocycles. The van der Waals surface area contributed by atoms with Crippen LogP contribution in [-0.2, 0) is 21.7 Å². The normalized spacial score (nSPS) is 12.9. The van der Waals surface area contributed by atoms with E-state index in [0.29, 0.717) is 6.04 Å². The van der Waals surface area contributed by atoms with Crippen molar-refractivity contribution in [1.29, 1.82) is 0 Å². The third-order valence-electron chi connectivity index (χ3n) is 1.44. The van der Waals surface area contributed by atoms with E-state index in [1.54, 1.807) is 0 Å². The van der Waals surface area contributed by atoms with Crippen molar-refractivity contribution in [1.82, 2.24) is 0 Å². The fourth-order valence-electron chi connectivity index (χ4n) is 1.11. The van der Waals surface area contributed by atoms with Crippen LogP contribution >= 0.6 is 0 Å². The van der Waals surface area contributed by atoms with Crippen molar-refractivity contribution in [3.05, 3.63) is 25.5 Å². The van der Waals surface area contributed by atoms with E-state index in [1.165, 1.54) is 0 Å². The van der Waals surface area contributed by atoms with Crippen LogP contribution in [0.1, 0.15) is 48.5 Å². The van der Waals surface area contributed by atoms with Gasteiger partial charge in [0.2, 0.25) is 0 Å². The van der Waals surface area contributed by atoms with Crippen LogP contribution in [0.2, 0.25) is 0 Å². The van der Waals surface area contributed by atoms with Gasteiger partial charge in [-0.15, -0.1) is 11.1 Å². The van der Waals surface area contributed by atoms with E-state index >= 15 is 0 Å². The molecular weight excluding hydrogens is 232 g/mol. The van der Waals surface area contributed by atoms with Gasteiger partial charge in [0.05, 0.1) is 0 Å². The largest absolute Gasteiger partial charge is 4.00 e. The molecule has 0 fully saturated rings. The molecular formula is C13H30N2Ti. The Kier molecular flexibility index (Phi) is 15.4. The van der Waals surface area contributed by atoms with Crippen LogP contribution in [0, 0.1) is 14.9 Å². The Morgan fingerprint density at radius 1 is 0.875 bits per heavy atom. The molecule has 0 aromatic rings. The molecule has 0 saturated heterocycles. The van der Waals surface area contributed by atoms with Gasteiger partial charge in [-0.25, -0.2) is 0 Å². The van der Waals surface area contributed by atoms with Crippen LogP contribution in [0.3, 0.4) is 0 Å². The standard InChI is InChI=1S/C11H24N2.2CH3.Ti/c1-9(13-11(5,6)7)8-12-10(2,3)4;;;/h9H,8H2,1-7H3;2*1H3;/q-2;2*-1;+4. The summed E-state index contributed by atoms with van der Waals surface area (Å²) in [6, 6.07) is 0.333. The SMILES string of the molecule is CC(C[N-]C(C)(C)C)[N-]C(C)(C)C.[CH3-].[CH3-].[Ti+4]. The van der Waals surface area contributed by atoms with Crippen molar-refractivity contribution >= 4 is 0 Å². The molecule has 0 rings (SSSR count). The molecule has 0 amide bonds. The first-order chi connectivity index (χ1) is 5.60. The van der Waals surface area contributed by atoms with Crippen molar-refractivity contribution in [2.24, 2.45) is 0 Å². The van der Waals surface area contributed by atoms with Gasteiger partial charge in [0, 0.05) is 0 Å². The Morgan fingerprint density at radius 2 is 1.25 bits per heavy atom. The van der Waals surface area contributed by atoms with E-state index in [-0.39, 0.29) is 47.6 Å². The molecule has 1 unspecified atom stereocenters. The average Bonchev–Trinajstić information content (AvgIpc) is 1.78. The number of nitrogens with zero attached hydrogens (tertiary/aromatic N) is 2. The summed E-state index contributed by atoms with van der Waals surface area (Å²) >= 11 is 0. The van der Waals surface area contributed by atoms with Crippen molar-refractivity contribution in [2.45, 2.75) is 65.6 Å². The van der Waals surface area contributed by atoms with Crippen LogP contribution in [0.15, 0.2) is 0 Å². The maximum atomic E-state index is 4.62. The van der Waals surface area contributed by atoms with Gasteiger partial charge in [0.1, 0.15) is 0 Å². The number of hydrogen-bond acceptors (Lipinski definition) is 0. The Hall–Kier alpha value is 0.634. The molecule has 3 heteroatoms. The monoisotopic (exact) mass is 262 g/mol. The van der Waals surface area contributed by atoms with Gasteiger partial charge in [-0.05, 0) is 0 Å². The summed E-state index contributed by atoms with van der Waals surface area (Å²) in [6.07, 6.45) is 0. The third-order valence-corrected chi connectivity index (χ3v) is 1.44. The molecule has 0 aromatic heterocycles. The molecule has 0 aromatic carbocycles.